The zero-order valence-electron chi connectivity index (χ0n) is 9.99. The lowest BCUT2D eigenvalue weighted by molar-refractivity contribution is -0.133. The van der Waals surface area contributed by atoms with E-state index >= 15 is 0 Å². The van der Waals surface area contributed by atoms with Crippen LogP contribution in [-0.2, 0) is 4.79 Å². The molecular formula is C12H22N2O. The van der Waals surface area contributed by atoms with Crippen molar-refractivity contribution >= 4 is 5.91 Å². The largest absolute Gasteiger partial charge is 0.334 e. The van der Waals surface area contributed by atoms with Crippen molar-refractivity contribution in [3.8, 4) is 12.3 Å². The van der Waals surface area contributed by atoms with Gasteiger partial charge in [-0.15, -0.1) is 6.42 Å². The van der Waals surface area contributed by atoms with E-state index in [4.69, 9.17) is 12.2 Å². The molecule has 2 unspecified atom stereocenters. The second-order valence-corrected chi connectivity index (χ2v) is 4.21. The molecule has 1 amide bonds. The van der Waals surface area contributed by atoms with Crippen LogP contribution in [0.15, 0.2) is 0 Å². The zero-order valence-corrected chi connectivity index (χ0v) is 9.99. The highest BCUT2D eigenvalue weighted by atomic mass is 16.2. The van der Waals surface area contributed by atoms with Gasteiger partial charge >= 0.3 is 0 Å². The number of amides is 1. The maximum Gasteiger partial charge on any atom is 0.225 e. The summed E-state index contributed by atoms with van der Waals surface area (Å²) < 4.78 is 0. The molecule has 0 aromatic heterocycles. The Morgan fingerprint density at radius 1 is 1.47 bits per heavy atom. The number of hydrogen-bond donors (Lipinski definition) is 1. The molecule has 15 heavy (non-hydrogen) atoms. The van der Waals surface area contributed by atoms with Gasteiger partial charge < -0.3 is 10.6 Å². The van der Waals surface area contributed by atoms with Crippen LogP contribution in [0.3, 0.4) is 0 Å². The highest BCUT2D eigenvalue weighted by molar-refractivity contribution is 5.78. The molecule has 3 heteroatoms. The molecular weight excluding hydrogens is 188 g/mol. The molecule has 0 aromatic carbocycles. The molecule has 0 bridgehead atoms. The Morgan fingerprint density at radius 3 is 2.53 bits per heavy atom. The Hall–Kier alpha value is -1.01. The molecule has 0 heterocycles. The van der Waals surface area contributed by atoms with E-state index < -0.39 is 0 Å². The summed E-state index contributed by atoms with van der Waals surface area (Å²) in [4.78, 5) is 13.3. The van der Waals surface area contributed by atoms with E-state index in [1.165, 1.54) is 0 Å². The molecule has 0 aliphatic rings. The van der Waals surface area contributed by atoms with E-state index in [2.05, 4.69) is 5.92 Å². The fraction of sp³-hybridized carbons (Fsp3) is 0.750. The summed E-state index contributed by atoms with van der Waals surface area (Å²) in [7, 11) is 1.74. The van der Waals surface area contributed by atoms with Gasteiger partial charge in [0, 0.05) is 19.0 Å². The minimum atomic E-state index is 0.0436. The molecule has 0 aromatic rings. The quantitative estimate of drug-likeness (QED) is 0.670. The molecule has 0 aliphatic heterocycles. The summed E-state index contributed by atoms with van der Waals surface area (Å²) in [6, 6.07) is 0.218. The topological polar surface area (TPSA) is 46.3 Å². The van der Waals surface area contributed by atoms with Crippen LogP contribution in [0, 0.1) is 18.3 Å². The van der Waals surface area contributed by atoms with Gasteiger partial charge in [-0.3, -0.25) is 4.79 Å². The lowest BCUT2D eigenvalue weighted by Crippen LogP contribution is -2.32. The number of carbonyl (C=O) groups excluding carboxylic acids is 1. The van der Waals surface area contributed by atoms with E-state index in [1.807, 2.05) is 13.8 Å². The van der Waals surface area contributed by atoms with Crippen LogP contribution in [0.5, 0.6) is 0 Å². The predicted molar refractivity (Wildman–Crippen MR) is 63.1 cm³/mol. The standard InChI is InChI=1S/C12H22N2O/c1-5-9-14(4)12(15)10(2)7-6-8-11(3)13/h1,10-11H,6-9,13H2,2-4H3. The molecule has 0 rings (SSSR count). The molecule has 0 saturated carbocycles. The van der Waals surface area contributed by atoms with Gasteiger partial charge in [0.05, 0.1) is 6.54 Å². The maximum absolute atomic E-state index is 11.7. The number of terminal acetylenes is 1. The smallest absolute Gasteiger partial charge is 0.225 e. The first-order valence-corrected chi connectivity index (χ1v) is 5.43. The normalized spacial score (nSPS) is 14.1. The molecule has 0 radical (unpaired) electrons. The van der Waals surface area contributed by atoms with Crippen molar-refractivity contribution in [3.63, 3.8) is 0 Å². The molecule has 0 aliphatic carbocycles. The highest BCUT2D eigenvalue weighted by Gasteiger charge is 2.16. The van der Waals surface area contributed by atoms with Gasteiger partial charge in [0.25, 0.3) is 0 Å². The number of rotatable bonds is 6. The molecule has 2 atom stereocenters. The Bertz CT molecular complexity index is 230. The Labute approximate surface area is 93.0 Å². The number of nitrogens with two attached hydrogens (primary N) is 1. The third kappa shape index (κ3) is 6.14. The van der Waals surface area contributed by atoms with E-state index in [0.717, 1.165) is 19.3 Å². The van der Waals surface area contributed by atoms with E-state index in [1.54, 1.807) is 11.9 Å². The fourth-order valence-corrected chi connectivity index (χ4v) is 1.46. The second kappa shape index (κ2) is 7.30. The fourth-order valence-electron chi connectivity index (χ4n) is 1.46. The summed E-state index contributed by atoms with van der Waals surface area (Å²) in [5.74, 6) is 2.63. The van der Waals surface area contributed by atoms with Crippen molar-refractivity contribution in [3.05, 3.63) is 0 Å². The molecule has 0 saturated heterocycles. The molecule has 3 nitrogen and oxygen atoms in total. The van der Waals surface area contributed by atoms with Crippen LogP contribution in [0.2, 0.25) is 0 Å². The average molecular weight is 210 g/mol. The van der Waals surface area contributed by atoms with Crippen molar-refractivity contribution in [2.24, 2.45) is 11.7 Å². The van der Waals surface area contributed by atoms with E-state index in [0.29, 0.717) is 6.54 Å². The second-order valence-electron chi connectivity index (χ2n) is 4.21. The van der Waals surface area contributed by atoms with Crippen LogP contribution < -0.4 is 5.73 Å². The van der Waals surface area contributed by atoms with Crippen molar-refractivity contribution < 1.29 is 4.79 Å². The summed E-state index contributed by atoms with van der Waals surface area (Å²) in [5, 5.41) is 0. The van der Waals surface area contributed by atoms with Crippen molar-refractivity contribution in [1.29, 1.82) is 0 Å². The first kappa shape index (κ1) is 14.0. The van der Waals surface area contributed by atoms with Crippen LogP contribution in [0.4, 0.5) is 0 Å². The van der Waals surface area contributed by atoms with Crippen molar-refractivity contribution in [2.75, 3.05) is 13.6 Å². The van der Waals surface area contributed by atoms with Gasteiger partial charge in [0.1, 0.15) is 0 Å². The van der Waals surface area contributed by atoms with Crippen molar-refractivity contribution in [2.45, 2.75) is 39.2 Å². The maximum atomic E-state index is 11.7. The van der Waals surface area contributed by atoms with E-state index in [9.17, 15) is 4.79 Å². The SMILES string of the molecule is C#CCN(C)C(=O)C(C)CCCC(C)N. The number of nitrogens with zero attached hydrogens (tertiary/aromatic N) is 1. The number of carbonyl (C=O) groups is 1. The minimum absolute atomic E-state index is 0.0436. The Balaban J connectivity index is 3.84. The van der Waals surface area contributed by atoms with Gasteiger partial charge in [-0.05, 0) is 19.8 Å². The van der Waals surface area contributed by atoms with Gasteiger partial charge in [0.2, 0.25) is 5.91 Å². The van der Waals surface area contributed by atoms with Gasteiger partial charge in [0.15, 0.2) is 0 Å². The monoisotopic (exact) mass is 210 g/mol. The van der Waals surface area contributed by atoms with Crippen LogP contribution >= 0.6 is 0 Å². The lowest BCUT2D eigenvalue weighted by atomic mass is 10.0. The van der Waals surface area contributed by atoms with Crippen LogP contribution in [0.25, 0.3) is 0 Å². The Morgan fingerprint density at radius 2 is 2.07 bits per heavy atom. The average Bonchev–Trinajstić information content (AvgIpc) is 2.16. The summed E-state index contributed by atoms with van der Waals surface area (Å²) in [6.07, 6.45) is 7.99. The number of hydrogen-bond acceptors (Lipinski definition) is 2. The van der Waals surface area contributed by atoms with Crippen molar-refractivity contribution in [1.82, 2.24) is 4.90 Å². The van der Waals surface area contributed by atoms with Gasteiger partial charge in [-0.1, -0.05) is 19.3 Å². The molecule has 2 N–H and O–H groups in total. The van der Waals surface area contributed by atoms with Crippen LogP contribution in [0.1, 0.15) is 33.1 Å². The third-order valence-electron chi connectivity index (χ3n) is 2.42. The van der Waals surface area contributed by atoms with E-state index in [-0.39, 0.29) is 17.9 Å². The summed E-state index contributed by atoms with van der Waals surface area (Å²) >= 11 is 0. The van der Waals surface area contributed by atoms with Gasteiger partial charge in [-0.2, -0.15) is 0 Å². The lowest BCUT2D eigenvalue weighted by Gasteiger charge is -2.19. The van der Waals surface area contributed by atoms with Crippen LogP contribution in [-0.4, -0.2) is 30.4 Å². The van der Waals surface area contributed by atoms with Gasteiger partial charge in [-0.25, -0.2) is 0 Å². The predicted octanol–water partition coefficient (Wildman–Crippen LogP) is 1.23. The first-order valence-electron chi connectivity index (χ1n) is 5.43. The first-order chi connectivity index (χ1) is 6.99. The summed E-state index contributed by atoms with van der Waals surface area (Å²) in [6.45, 7) is 4.31. The minimum Gasteiger partial charge on any atom is -0.334 e. The third-order valence-corrected chi connectivity index (χ3v) is 2.42. The summed E-state index contributed by atoms with van der Waals surface area (Å²) in [5.41, 5.74) is 5.64. The molecule has 86 valence electrons. The Kier molecular flexibility index (Phi) is 6.81. The molecule has 0 spiro atoms. The zero-order chi connectivity index (χ0) is 11.8. The highest BCUT2D eigenvalue weighted by Crippen LogP contribution is 2.11. The molecule has 0 fully saturated rings.